The van der Waals surface area contributed by atoms with E-state index in [0.29, 0.717) is 6.54 Å². The van der Waals surface area contributed by atoms with Gasteiger partial charge in [-0.1, -0.05) is 30.3 Å². The number of aliphatic hydroxyl groups excluding tert-OH is 1. The third-order valence-electron chi connectivity index (χ3n) is 3.17. The number of esters is 1. The number of hydrogen-bond acceptors (Lipinski definition) is 4. The Morgan fingerprint density at radius 3 is 2.74 bits per heavy atom. The summed E-state index contributed by atoms with van der Waals surface area (Å²) in [5.41, 5.74) is 0.965. The van der Waals surface area contributed by atoms with E-state index >= 15 is 0 Å². The predicted octanol–water partition coefficient (Wildman–Crippen LogP) is 0.569. The lowest BCUT2D eigenvalue weighted by molar-refractivity contribution is -0.152. The molecule has 1 heterocycles. The molecule has 0 aliphatic carbocycles. The second-order valence-corrected chi connectivity index (χ2v) is 4.51. The number of hydrogen-bond donors (Lipinski definition) is 1. The molecule has 1 aromatic rings. The topological polar surface area (TPSA) is 66.8 Å². The minimum absolute atomic E-state index is 0.202. The van der Waals surface area contributed by atoms with E-state index in [2.05, 4.69) is 0 Å². The molecule has 5 nitrogen and oxygen atoms in total. The first-order valence-corrected chi connectivity index (χ1v) is 6.31. The van der Waals surface area contributed by atoms with Crippen LogP contribution >= 0.6 is 0 Å². The lowest BCUT2D eigenvalue weighted by Crippen LogP contribution is -2.31. The average Bonchev–Trinajstić information content (AvgIpc) is 2.69. The fourth-order valence-electron chi connectivity index (χ4n) is 2.19. The molecule has 0 saturated carbocycles. The second-order valence-electron chi connectivity index (χ2n) is 4.51. The Morgan fingerprint density at radius 2 is 2.11 bits per heavy atom. The number of carbonyl (C=O) groups is 2. The molecule has 1 aliphatic heterocycles. The van der Waals surface area contributed by atoms with Crippen molar-refractivity contribution in [2.75, 3.05) is 13.2 Å². The summed E-state index contributed by atoms with van der Waals surface area (Å²) in [5.74, 6) is -1.71. The maximum atomic E-state index is 11.9. The smallest absolute Gasteiger partial charge is 0.313 e. The molecule has 102 valence electrons. The molecule has 0 bridgehead atoms. The highest BCUT2D eigenvalue weighted by Gasteiger charge is 2.43. The van der Waals surface area contributed by atoms with Crippen molar-refractivity contribution in [3.63, 3.8) is 0 Å². The van der Waals surface area contributed by atoms with Gasteiger partial charge in [0.25, 0.3) is 5.91 Å². The number of ether oxygens (including phenoxy) is 1. The van der Waals surface area contributed by atoms with Crippen molar-refractivity contribution in [2.24, 2.45) is 5.92 Å². The van der Waals surface area contributed by atoms with E-state index < -0.39 is 23.9 Å². The normalized spacial score (nSPS) is 22.6. The van der Waals surface area contributed by atoms with Crippen LogP contribution in [0.2, 0.25) is 0 Å². The van der Waals surface area contributed by atoms with Gasteiger partial charge < -0.3 is 14.7 Å². The number of aliphatic hydroxyl groups is 1. The fraction of sp³-hybridized carbons (Fsp3) is 0.429. The van der Waals surface area contributed by atoms with Crippen LogP contribution in [0.3, 0.4) is 0 Å². The zero-order valence-corrected chi connectivity index (χ0v) is 10.8. The number of nitrogens with zero attached hydrogens (tertiary/aromatic N) is 1. The van der Waals surface area contributed by atoms with E-state index in [0.717, 1.165) is 5.56 Å². The number of amides is 1. The van der Waals surface area contributed by atoms with Crippen LogP contribution in [0, 0.1) is 5.92 Å². The van der Waals surface area contributed by atoms with Crippen LogP contribution in [-0.4, -0.2) is 41.1 Å². The zero-order valence-electron chi connectivity index (χ0n) is 10.8. The quantitative estimate of drug-likeness (QED) is 0.806. The summed E-state index contributed by atoms with van der Waals surface area (Å²) in [5, 5.41) is 9.81. The number of benzene rings is 1. The minimum Gasteiger partial charge on any atom is -0.466 e. The van der Waals surface area contributed by atoms with Crippen molar-refractivity contribution < 1.29 is 19.4 Å². The van der Waals surface area contributed by atoms with Gasteiger partial charge in [0.1, 0.15) is 12.0 Å². The predicted molar refractivity (Wildman–Crippen MR) is 68.0 cm³/mol. The summed E-state index contributed by atoms with van der Waals surface area (Å²) < 4.78 is 4.87. The van der Waals surface area contributed by atoms with Gasteiger partial charge in [-0.3, -0.25) is 9.59 Å². The van der Waals surface area contributed by atoms with Crippen molar-refractivity contribution >= 4 is 11.9 Å². The number of carbonyl (C=O) groups excluding carboxylic acids is 2. The van der Waals surface area contributed by atoms with Crippen molar-refractivity contribution in [2.45, 2.75) is 19.6 Å². The molecule has 1 aromatic carbocycles. The van der Waals surface area contributed by atoms with Gasteiger partial charge in [-0.2, -0.15) is 0 Å². The van der Waals surface area contributed by atoms with Gasteiger partial charge in [-0.15, -0.1) is 0 Å². The number of rotatable bonds is 4. The highest BCUT2D eigenvalue weighted by atomic mass is 16.5. The van der Waals surface area contributed by atoms with Crippen LogP contribution in [0.5, 0.6) is 0 Å². The molecule has 0 spiro atoms. The van der Waals surface area contributed by atoms with Crippen molar-refractivity contribution in [3.8, 4) is 0 Å². The zero-order chi connectivity index (χ0) is 13.8. The van der Waals surface area contributed by atoms with Gasteiger partial charge in [-0.25, -0.2) is 0 Å². The molecule has 1 unspecified atom stereocenters. The van der Waals surface area contributed by atoms with Gasteiger partial charge in [0.05, 0.1) is 6.61 Å². The summed E-state index contributed by atoms with van der Waals surface area (Å²) in [7, 11) is 0. The third kappa shape index (κ3) is 2.93. The first-order valence-electron chi connectivity index (χ1n) is 6.31. The van der Waals surface area contributed by atoms with E-state index in [9.17, 15) is 14.7 Å². The summed E-state index contributed by atoms with van der Waals surface area (Å²) in [6, 6.07) is 9.46. The average molecular weight is 263 g/mol. The van der Waals surface area contributed by atoms with Crippen LogP contribution < -0.4 is 0 Å². The Bertz CT molecular complexity index is 460. The van der Waals surface area contributed by atoms with Crippen LogP contribution in [0.4, 0.5) is 0 Å². The molecule has 1 fully saturated rings. The molecule has 2 atom stereocenters. The van der Waals surface area contributed by atoms with E-state index in [4.69, 9.17) is 4.74 Å². The summed E-state index contributed by atoms with van der Waals surface area (Å²) in [6.07, 6.45) is -1.29. The monoisotopic (exact) mass is 263 g/mol. The molecule has 0 radical (unpaired) electrons. The highest BCUT2D eigenvalue weighted by Crippen LogP contribution is 2.22. The Morgan fingerprint density at radius 1 is 1.42 bits per heavy atom. The first-order chi connectivity index (χ1) is 9.13. The molecule has 1 saturated heterocycles. The molecule has 1 N–H and O–H groups in total. The van der Waals surface area contributed by atoms with Gasteiger partial charge in [0, 0.05) is 13.1 Å². The van der Waals surface area contributed by atoms with Crippen LogP contribution in [0.25, 0.3) is 0 Å². The van der Waals surface area contributed by atoms with E-state index in [1.165, 1.54) is 4.90 Å². The summed E-state index contributed by atoms with van der Waals surface area (Å²) in [6.45, 7) is 2.54. The van der Waals surface area contributed by atoms with Crippen molar-refractivity contribution in [3.05, 3.63) is 35.9 Å². The first kappa shape index (κ1) is 13.5. The minimum atomic E-state index is -1.29. The molecular weight excluding hydrogens is 246 g/mol. The largest absolute Gasteiger partial charge is 0.466 e. The van der Waals surface area contributed by atoms with Crippen LogP contribution in [0.15, 0.2) is 30.3 Å². The maximum absolute atomic E-state index is 11.9. The van der Waals surface area contributed by atoms with E-state index in [1.807, 2.05) is 30.3 Å². The third-order valence-corrected chi connectivity index (χ3v) is 3.17. The SMILES string of the molecule is CCOC(=O)[C@H]1CN(Cc2ccccc2)C(=O)C1O. The Hall–Kier alpha value is -1.88. The van der Waals surface area contributed by atoms with Crippen LogP contribution in [-0.2, 0) is 20.9 Å². The van der Waals surface area contributed by atoms with Gasteiger partial charge in [0.15, 0.2) is 0 Å². The molecular formula is C14H17NO4. The second kappa shape index (κ2) is 5.84. The standard InChI is InChI=1S/C14H17NO4/c1-2-19-14(18)11-9-15(13(17)12(11)16)8-10-6-4-3-5-7-10/h3-7,11-12,16H,2,8-9H2,1H3/t11-,12?/m0/s1. The molecule has 1 aliphatic rings. The van der Waals surface area contributed by atoms with Crippen molar-refractivity contribution in [1.29, 1.82) is 0 Å². The molecule has 1 amide bonds. The summed E-state index contributed by atoms with van der Waals surface area (Å²) in [4.78, 5) is 25.0. The van der Waals surface area contributed by atoms with Crippen LogP contribution in [0.1, 0.15) is 12.5 Å². The highest BCUT2D eigenvalue weighted by molar-refractivity contribution is 5.90. The van der Waals surface area contributed by atoms with Gasteiger partial charge in [-0.05, 0) is 12.5 Å². The number of likely N-dealkylation sites (tertiary alicyclic amines) is 1. The molecule has 2 rings (SSSR count). The van der Waals surface area contributed by atoms with Gasteiger partial charge in [0.2, 0.25) is 0 Å². The van der Waals surface area contributed by atoms with Crippen molar-refractivity contribution in [1.82, 2.24) is 4.90 Å². The van der Waals surface area contributed by atoms with E-state index in [-0.39, 0.29) is 13.2 Å². The fourth-order valence-corrected chi connectivity index (χ4v) is 2.19. The molecule has 19 heavy (non-hydrogen) atoms. The van der Waals surface area contributed by atoms with Gasteiger partial charge >= 0.3 is 5.97 Å². The lowest BCUT2D eigenvalue weighted by atomic mass is 10.1. The Balaban J connectivity index is 2.04. The Kier molecular flexibility index (Phi) is 4.16. The van der Waals surface area contributed by atoms with E-state index in [1.54, 1.807) is 6.92 Å². The Labute approximate surface area is 111 Å². The molecule has 0 aromatic heterocycles. The molecule has 5 heteroatoms. The summed E-state index contributed by atoms with van der Waals surface area (Å²) >= 11 is 0. The maximum Gasteiger partial charge on any atom is 0.313 e. The lowest BCUT2D eigenvalue weighted by Gasteiger charge is -2.15.